The van der Waals surface area contributed by atoms with E-state index in [0.29, 0.717) is 5.82 Å². The summed E-state index contributed by atoms with van der Waals surface area (Å²) >= 11 is 1.50. The maximum absolute atomic E-state index is 11.2. The molecular weight excluding hydrogens is 398 g/mol. The highest BCUT2D eigenvalue weighted by Gasteiger charge is 2.16. The molecule has 2 aromatic carbocycles. The minimum absolute atomic E-state index is 0.0655. The van der Waals surface area contributed by atoms with E-state index in [1.165, 1.54) is 42.3 Å². The van der Waals surface area contributed by atoms with Crippen molar-refractivity contribution in [1.82, 2.24) is 9.97 Å². The summed E-state index contributed by atoms with van der Waals surface area (Å²) < 4.78 is 0. The van der Waals surface area contributed by atoms with Crippen LogP contribution in [-0.2, 0) is 0 Å². The molecule has 8 heteroatoms. The molecule has 0 amide bonds. The molecule has 5 rings (SSSR count). The summed E-state index contributed by atoms with van der Waals surface area (Å²) in [4.78, 5) is 22.9. The molecule has 0 bridgehead atoms. The van der Waals surface area contributed by atoms with Gasteiger partial charge in [0.15, 0.2) is 0 Å². The third-order valence-corrected chi connectivity index (χ3v) is 6.23. The smallest absolute Gasteiger partial charge is 0.270 e. The first kappa shape index (κ1) is 18.5. The van der Waals surface area contributed by atoms with Gasteiger partial charge < -0.3 is 10.2 Å². The number of aromatic nitrogens is 2. The van der Waals surface area contributed by atoms with E-state index < -0.39 is 0 Å². The Labute approximate surface area is 177 Å². The van der Waals surface area contributed by atoms with E-state index in [1.54, 1.807) is 12.1 Å². The van der Waals surface area contributed by atoms with Crippen LogP contribution >= 0.6 is 11.3 Å². The number of nitro groups is 1. The van der Waals surface area contributed by atoms with Gasteiger partial charge in [0.1, 0.15) is 17.0 Å². The lowest BCUT2D eigenvalue weighted by Gasteiger charge is -2.18. The lowest BCUT2D eigenvalue weighted by Crippen LogP contribution is -2.17. The Hall–Kier alpha value is -3.52. The van der Waals surface area contributed by atoms with Crippen molar-refractivity contribution in [2.24, 2.45) is 0 Å². The van der Waals surface area contributed by atoms with Crippen molar-refractivity contribution in [3.05, 3.63) is 70.4 Å². The number of fused-ring (bicyclic) bond motifs is 1. The zero-order chi connectivity index (χ0) is 20.5. The fourth-order valence-corrected chi connectivity index (χ4v) is 4.75. The molecule has 0 radical (unpaired) electrons. The van der Waals surface area contributed by atoms with Gasteiger partial charge in [-0.25, -0.2) is 9.97 Å². The summed E-state index contributed by atoms with van der Waals surface area (Å²) in [5.41, 5.74) is 3.90. The molecule has 1 aliphatic rings. The van der Waals surface area contributed by atoms with Crippen molar-refractivity contribution < 1.29 is 4.92 Å². The quantitative estimate of drug-likeness (QED) is 0.336. The molecule has 30 heavy (non-hydrogen) atoms. The highest BCUT2D eigenvalue weighted by atomic mass is 32.1. The molecule has 0 unspecified atom stereocenters. The fourth-order valence-electron chi connectivity index (χ4n) is 3.84. The summed E-state index contributed by atoms with van der Waals surface area (Å²) in [5.74, 6) is 0.691. The number of nitrogens with zero attached hydrogens (tertiary/aromatic N) is 4. The Bertz CT molecular complexity index is 1220. The molecule has 0 saturated carbocycles. The molecule has 1 aliphatic heterocycles. The van der Waals surface area contributed by atoms with Crippen LogP contribution in [0, 0.1) is 10.1 Å². The van der Waals surface area contributed by atoms with Crippen LogP contribution in [0.1, 0.15) is 12.8 Å². The molecule has 0 aliphatic carbocycles. The zero-order valence-corrected chi connectivity index (χ0v) is 16.9. The van der Waals surface area contributed by atoms with Gasteiger partial charge in [-0.15, -0.1) is 11.3 Å². The van der Waals surface area contributed by atoms with E-state index in [2.05, 4.69) is 44.5 Å². The van der Waals surface area contributed by atoms with Crippen molar-refractivity contribution in [2.45, 2.75) is 12.8 Å². The van der Waals surface area contributed by atoms with Crippen LogP contribution in [0.15, 0.2) is 60.2 Å². The van der Waals surface area contributed by atoms with Crippen molar-refractivity contribution in [3.63, 3.8) is 0 Å². The second-order valence-electron chi connectivity index (χ2n) is 7.23. The highest BCUT2D eigenvalue weighted by molar-refractivity contribution is 7.17. The molecule has 3 heterocycles. The Morgan fingerprint density at radius 2 is 1.87 bits per heavy atom. The van der Waals surface area contributed by atoms with Gasteiger partial charge in [0.05, 0.1) is 10.3 Å². The molecule has 2 aromatic heterocycles. The number of rotatable bonds is 5. The standard InChI is InChI=1S/C22H19N5O2S/c28-27(29)18-5-3-4-15(12-18)19-13-30-22-20(19)21(23-14-24-22)25-16-6-8-17(9-7-16)26-10-1-2-11-26/h3-9,12-14H,1-2,10-11H2,(H,23,24,25). The van der Waals surface area contributed by atoms with Gasteiger partial charge in [0.2, 0.25) is 0 Å². The molecule has 150 valence electrons. The van der Waals surface area contributed by atoms with Crippen LogP contribution in [0.5, 0.6) is 0 Å². The molecule has 7 nitrogen and oxygen atoms in total. The van der Waals surface area contributed by atoms with Gasteiger partial charge in [-0.2, -0.15) is 0 Å². The number of nitro benzene ring substituents is 1. The maximum Gasteiger partial charge on any atom is 0.270 e. The first-order valence-corrected chi connectivity index (χ1v) is 10.7. The van der Waals surface area contributed by atoms with Crippen molar-refractivity contribution >= 4 is 44.4 Å². The van der Waals surface area contributed by atoms with Crippen LogP contribution < -0.4 is 10.2 Å². The normalized spacial score (nSPS) is 13.7. The highest BCUT2D eigenvalue weighted by Crippen LogP contribution is 2.38. The predicted molar refractivity (Wildman–Crippen MR) is 121 cm³/mol. The van der Waals surface area contributed by atoms with Crippen LogP contribution in [0.4, 0.5) is 22.9 Å². The Balaban J connectivity index is 1.50. The van der Waals surface area contributed by atoms with E-state index in [-0.39, 0.29) is 10.6 Å². The number of anilines is 3. The molecule has 0 spiro atoms. The number of non-ortho nitro benzene ring substituents is 1. The maximum atomic E-state index is 11.2. The molecular formula is C22H19N5O2S. The third-order valence-electron chi connectivity index (χ3n) is 5.34. The minimum atomic E-state index is -0.379. The first-order valence-electron chi connectivity index (χ1n) is 9.78. The van der Waals surface area contributed by atoms with Crippen LogP contribution in [0.25, 0.3) is 21.3 Å². The average molecular weight is 417 g/mol. The molecule has 1 saturated heterocycles. The van der Waals surface area contributed by atoms with Gasteiger partial charge >= 0.3 is 0 Å². The largest absolute Gasteiger partial charge is 0.372 e. The second-order valence-corrected chi connectivity index (χ2v) is 8.08. The lowest BCUT2D eigenvalue weighted by molar-refractivity contribution is -0.384. The summed E-state index contributed by atoms with van der Waals surface area (Å²) in [6.45, 7) is 2.22. The van der Waals surface area contributed by atoms with E-state index in [4.69, 9.17) is 0 Å². The van der Waals surface area contributed by atoms with Crippen molar-refractivity contribution in [3.8, 4) is 11.1 Å². The lowest BCUT2D eigenvalue weighted by atomic mass is 10.1. The van der Waals surface area contributed by atoms with E-state index in [0.717, 1.165) is 40.1 Å². The Morgan fingerprint density at radius 1 is 1.07 bits per heavy atom. The number of nitrogens with one attached hydrogen (secondary N) is 1. The summed E-state index contributed by atoms with van der Waals surface area (Å²) in [6, 6.07) is 15.0. The first-order chi connectivity index (χ1) is 14.7. The van der Waals surface area contributed by atoms with Gasteiger partial charge in [-0.1, -0.05) is 12.1 Å². The van der Waals surface area contributed by atoms with Crippen LogP contribution in [-0.4, -0.2) is 28.0 Å². The van der Waals surface area contributed by atoms with Gasteiger partial charge in [-0.05, 0) is 42.7 Å². The average Bonchev–Trinajstić information content (AvgIpc) is 3.45. The SMILES string of the molecule is O=[N+]([O-])c1cccc(-c2csc3ncnc(Nc4ccc(N5CCCC5)cc4)c23)c1. The van der Waals surface area contributed by atoms with E-state index >= 15 is 0 Å². The van der Waals surface area contributed by atoms with E-state index in [9.17, 15) is 10.1 Å². The molecule has 1 fully saturated rings. The number of hydrogen-bond donors (Lipinski definition) is 1. The topological polar surface area (TPSA) is 84.2 Å². The number of benzene rings is 2. The fraction of sp³-hybridized carbons (Fsp3) is 0.182. The van der Waals surface area contributed by atoms with Crippen LogP contribution in [0.3, 0.4) is 0 Å². The minimum Gasteiger partial charge on any atom is -0.372 e. The predicted octanol–water partition coefficient (Wildman–Crippen LogP) is 5.61. The summed E-state index contributed by atoms with van der Waals surface area (Å²) in [6.07, 6.45) is 4.03. The summed E-state index contributed by atoms with van der Waals surface area (Å²) in [5, 5.41) is 17.4. The number of hydrogen-bond acceptors (Lipinski definition) is 7. The van der Waals surface area contributed by atoms with Gasteiger partial charge in [0.25, 0.3) is 5.69 Å². The monoisotopic (exact) mass is 417 g/mol. The molecule has 0 atom stereocenters. The molecule has 1 N–H and O–H groups in total. The second kappa shape index (κ2) is 7.72. The number of thiophene rings is 1. The van der Waals surface area contributed by atoms with Crippen molar-refractivity contribution in [2.75, 3.05) is 23.3 Å². The summed E-state index contributed by atoms with van der Waals surface area (Å²) in [7, 11) is 0. The van der Waals surface area contributed by atoms with Gasteiger partial charge in [-0.3, -0.25) is 10.1 Å². The van der Waals surface area contributed by atoms with Gasteiger partial charge in [0, 0.05) is 47.5 Å². The van der Waals surface area contributed by atoms with Crippen molar-refractivity contribution in [1.29, 1.82) is 0 Å². The third kappa shape index (κ3) is 3.46. The van der Waals surface area contributed by atoms with Crippen LogP contribution in [0.2, 0.25) is 0 Å². The Morgan fingerprint density at radius 3 is 2.63 bits per heavy atom. The zero-order valence-electron chi connectivity index (χ0n) is 16.1. The Kier molecular flexibility index (Phi) is 4.76. The van der Waals surface area contributed by atoms with E-state index in [1.807, 2.05) is 11.4 Å². The molecule has 4 aromatic rings.